The highest BCUT2D eigenvalue weighted by molar-refractivity contribution is 5.43. The molecule has 21 heavy (non-hydrogen) atoms. The van der Waals surface area contributed by atoms with Crippen LogP contribution in [-0.4, -0.2) is 19.3 Å². The fourth-order valence-electron chi connectivity index (χ4n) is 2.84. The lowest BCUT2D eigenvalue weighted by molar-refractivity contribution is 0.173. The van der Waals surface area contributed by atoms with Gasteiger partial charge in [0.05, 0.1) is 12.7 Å². The Bertz CT molecular complexity index is 412. The van der Waals surface area contributed by atoms with Gasteiger partial charge in [-0.2, -0.15) is 0 Å². The van der Waals surface area contributed by atoms with Crippen molar-refractivity contribution in [1.82, 2.24) is 5.32 Å². The first-order chi connectivity index (χ1) is 10.3. The predicted octanol–water partition coefficient (Wildman–Crippen LogP) is 4.30. The van der Waals surface area contributed by atoms with Crippen molar-refractivity contribution in [3.63, 3.8) is 0 Å². The van der Waals surface area contributed by atoms with Crippen LogP contribution in [0.3, 0.4) is 0 Å². The molecule has 1 aliphatic rings. The SMILES string of the molecule is CCNCc1ccc(OC2CCCCCC2)c(OCC)c1. The lowest BCUT2D eigenvalue weighted by Gasteiger charge is -2.20. The molecule has 1 fully saturated rings. The summed E-state index contributed by atoms with van der Waals surface area (Å²) in [6.45, 7) is 6.66. The molecule has 3 nitrogen and oxygen atoms in total. The van der Waals surface area contributed by atoms with Gasteiger partial charge in [0.2, 0.25) is 0 Å². The highest BCUT2D eigenvalue weighted by atomic mass is 16.5. The number of hydrogen-bond acceptors (Lipinski definition) is 3. The van der Waals surface area contributed by atoms with Gasteiger partial charge in [-0.1, -0.05) is 25.8 Å². The van der Waals surface area contributed by atoms with Crippen molar-refractivity contribution in [2.75, 3.05) is 13.2 Å². The van der Waals surface area contributed by atoms with Crippen LogP contribution in [-0.2, 0) is 6.54 Å². The minimum absolute atomic E-state index is 0.353. The van der Waals surface area contributed by atoms with Crippen LogP contribution in [0, 0.1) is 0 Å². The molecule has 118 valence electrons. The molecule has 0 radical (unpaired) electrons. The Balaban J connectivity index is 2.05. The number of benzene rings is 1. The van der Waals surface area contributed by atoms with Crippen LogP contribution in [0.2, 0.25) is 0 Å². The molecular formula is C18H29NO2. The van der Waals surface area contributed by atoms with Gasteiger partial charge in [0, 0.05) is 6.54 Å². The molecule has 3 heteroatoms. The number of nitrogens with one attached hydrogen (secondary N) is 1. The molecule has 0 aromatic heterocycles. The average Bonchev–Trinajstić information content (AvgIpc) is 2.76. The average molecular weight is 291 g/mol. The van der Waals surface area contributed by atoms with Gasteiger partial charge >= 0.3 is 0 Å². The van der Waals surface area contributed by atoms with Gasteiger partial charge in [-0.15, -0.1) is 0 Å². The maximum absolute atomic E-state index is 6.23. The lowest BCUT2D eigenvalue weighted by Crippen LogP contribution is -2.16. The molecule has 0 spiro atoms. The van der Waals surface area contributed by atoms with Crippen LogP contribution in [0.4, 0.5) is 0 Å². The second-order valence-electron chi connectivity index (χ2n) is 5.73. The van der Waals surface area contributed by atoms with Crippen LogP contribution in [0.1, 0.15) is 57.9 Å². The Morgan fingerprint density at radius 2 is 1.81 bits per heavy atom. The van der Waals surface area contributed by atoms with Crippen molar-refractivity contribution in [2.45, 2.75) is 65.0 Å². The van der Waals surface area contributed by atoms with Crippen LogP contribution in [0.15, 0.2) is 18.2 Å². The molecule has 0 heterocycles. The number of ether oxygens (including phenoxy) is 2. The molecule has 1 saturated carbocycles. The molecule has 1 N–H and O–H groups in total. The van der Waals surface area contributed by atoms with E-state index in [0.29, 0.717) is 12.7 Å². The third kappa shape index (κ3) is 5.24. The first-order valence-corrected chi connectivity index (χ1v) is 8.46. The van der Waals surface area contributed by atoms with E-state index in [1.54, 1.807) is 0 Å². The summed E-state index contributed by atoms with van der Waals surface area (Å²) < 4.78 is 12.0. The molecular weight excluding hydrogens is 262 g/mol. The Morgan fingerprint density at radius 1 is 1.05 bits per heavy atom. The summed E-state index contributed by atoms with van der Waals surface area (Å²) in [5.74, 6) is 1.79. The van der Waals surface area contributed by atoms with Crippen molar-refractivity contribution >= 4 is 0 Å². The zero-order chi connectivity index (χ0) is 14.9. The Kier molecular flexibility index (Phi) is 6.87. The smallest absolute Gasteiger partial charge is 0.161 e. The third-order valence-corrected chi connectivity index (χ3v) is 3.98. The molecule has 1 aromatic rings. The zero-order valence-electron chi connectivity index (χ0n) is 13.5. The van der Waals surface area contributed by atoms with Crippen LogP contribution in [0.25, 0.3) is 0 Å². The monoisotopic (exact) mass is 291 g/mol. The standard InChI is InChI=1S/C18H29NO2/c1-3-19-14-15-11-12-17(18(13-15)20-4-2)21-16-9-7-5-6-8-10-16/h11-13,16,19H,3-10,14H2,1-2H3. The minimum atomic E-state index is 0.353. The Morgan fingerprint density at radius 3 is 2.48 bits per heavy atom. The van der Waals surface area contributed by atoms with E-state index in [2.05, 4.69) is 30.4 Å². The van der Waals surface area contributed by atoms with Gasteiger partial charge in [-0.25, -0.2) is 0 Å². The van der Waals surface area contributed by atoms with Gasteiger partial charge in [-0.05, 0) is 56.8 Å². The molecule has 0 bridgehead atoms. The van der Waals surface area contributed by atoms with E-state index in [0.717, 1.165) is 24.6 Å². The largest absolute Gasteiger partial charge is 0.490 e. The van der Waals surface area contributed by atoms with Crippen molar-refractivity contribution in [2.24, 2.45) is 0 Å². The third-order valence-electron chi connectivity index (χ3n) is 3.98. The lowest BCUT2D eigenvalue weighted by atomic mass is 10.1. The van der Waals surface area contributed by atoms with Crippen LogP contribution >= 0.6 is 0 Å². The van der Waals surface area contributed by atoms with E-state index < -0.39 is 0 Å². The van der Waals surface area contributed by atoms with Gasteiger partial charge < -0.3 is 14.8 Å². The first-order valence-electron chi connectivity index (χ1n) is 8.46. The molecule has 0 aliphatic heterocycles. The molecule has 0 unspecified atom stereocenters. The van der Waals surface area contributed by atoms with E-state index in [-0.39, 0.29) is 0 Å². The van der Waals surface area contributed by atoms with Crippen molar-refractivity contribution in [3.05, 3.63) is 23.8 Å². The quantitative estimate of drug-likeness (QED) is 0.760. The van der Waals surface area contributed by atoms with E-state index in [4.69, 9.17) is 9.47 Å². The van der Waals surface area contributed by atoms with E-state index in [1.165, 1.54) is 44.1 Å². The minimum Gasteiger partial charge on any atom is -0.490 e. The Hall–Kier alpha value is -1.22. The highest BCUT2D eigenvalue weighted by Gasteiger charge is 2.16. The molecule has 0 atom stereocenters. The normalized spacial score (nSPS) is 16.5. The topological polar surface area (TPSA) is 30.5 Å². The van der Waals surface area contributed by atoms with Crippen LogP contribution in [0.5, 0.6) is 11.5 Å². The summed E-state index contributed by atoms with van der Waals surface area (Å²) >= 11 is 0. The summed E-state index contributed by atoms with van der Waals surface area (Å²) in [6.07, 6.45) is 7.96. The summed E-state index contributed by atoms with van der Waals surface area (Å²) in [6, 6.07) is 6.32. The predicted molar refractivity (Wildman–Crippen MR) is 87.1 cm³/mol. The first kappa shape index (κ1) is 16.2. The maximum atomic E-state index is 6.23. The summed E-state index contributed by atoms with van der Waals surface area (Å²) in [5, 5.41) is 3.35. The maximum Gasteiger partial charge on any atom is 0.161 e. The number of hydrogen-bond donors (Lipinski definition) is 1. The molecule has 2 rings (SSSR count). The highest BCUT2D eigenvalue weighted by Crippen LogP contribution is 2.32. The number of rotatable bonds is 7. The van der Waals surface area contributed by atoms with Gasteiger partial charge in [0.1, 0.15) is 0 Å². The van der Waals surface area contributed by atoms with Gasteiger partial charge in [0.15, 0.2) is 11.5 Å². The van der Waals surface area contributed by atoms with E-state index in [9.17, 15) is 0 Å². The molecule has 0 saturated heterocycles. The summed E-state index contributed by atoms with van der Waals surface area (Å²) in [7, 11) is 0. The van der Waals surface area contributed by atoms with Gasteiger partial charge in [0.25, 0.3) is 0 Å². The van der Waals surface area contributed by atoms with Crippen molar-refractivity contribution in [1.29, 1.82) is 0 Å². The van der Waals surface area contributed by atoms with Crippen molar-refractivity contribution < 1.29 is 9.47 Å². The fourth-order valence-corrected chi connectivity index (χ4v) is 2.84. The van der Waals surface area contributed by atoms with Crippen LogP contribution < -0.4 is 14.8 Å². The molecule has 0 amide bonds. The zero-order valence-corrected chi connectivity index (χ0v) is 13.5. The van der Waals surface area contributed by atoms with E-state index >= 15 is 0 Å². The van der Waals surface area contributed by atoms with E-state index in [1.807, 2.05) is 6.92 Å². The summed E-state index contributed by atoms with van der Waals surface area (Å²) in [4.78, 5) is 0. The Labute approximate surface area is 129 Å². The second-order valence-corrected chi connectivity index (χ2v) is 5.73. The summed E-state index contributed by atoms with van der Waals surface area (Å²) in [5.41, 5.74) is 1.24. The fraction of sp³-hybridized carbons (Fsp3) is 0.667. The second kappa shape index (κ2) is 8.93. The van der Waals surface area contributed by atoms with Gasteiger partial charge in [-0.3, -0.25) is 0 Å². The molecule has 1 aromatic carbocycles. The molecule has 1 aliphatic carbocycles. The van der Waals surface area contributed by atoms with Crippen molar-refractivity contribution in [3.8, 4) is 11.5 Å².